The van der Waals surface area contributed by atoms with E-state index in [1.54, 1.807) is 0 Å². The van der Waals surface area contributed by atoms with Gasteiger partial charge in [-0.25, -0.2) is 4.79 Å². The molecular weight excluding hydrogens is 192 g/mol. The van der Waals surface area contributed by atoms with E-state index in [4.69, 9.17) is 4.74 Å². The van der Waals surface area contributed by atoms with Crippen LogP contribution in [0.4, 0.5) is 4.79 Å². The van der Waals surface area contributed by atoms with E-state index in [9.17, 15) is 4.79 Å². The molecule has 1 aliphatic heterocycles. The summed E-state index contributed by atoms with van der Waals surface area (Å²) in [7, 11) is 2.12. The highest BCUT2D eigenvalue weighted by Crippen LogP contribution is 2.13. The maximum absolute atomic E-state index is 11.2. The third kappa shape index (κ3) is 5.02. The Bertz CT molecular complexity index is 207. The lowest BCUT2D eigenvalue weighted by Gasteiger charge is -2.29. The van der Waals surface area contributed by atoms with Crippen LogP contribution >= 0.6 is 0 Å². The lowest BCUT2D eigenvalue weighted by Crippen LogP contribution is -2.39. The van der Waals surface area contributed by atoms with Gasteiger partial charge in [0.25, 0.3) is 0 Å². The highest BCUT2D eigenvalue weighted by Gasteiger charge is 2.17. The first-order valence-corrected chi connectivity index (χ1v) is 5.71. The van der Waals surface area contributed by atoms with Crippen molar-refractivity contribution in [2.24, 2.45) is 5.92 Å². The molecule has 1 fully saturated rings. The number of likely N-dealkylation sites (tertiary alicyclic amines) is 1. The van der Waals surface area contributed by atoms with Crippen molar-refractivity contribution in [3.63, 3.8) is 0 Å². The molecule has 88 valence electrons. The van der Waals surface area contributed by atoms with Gasteiger partial charge in [0, 0.05) is 13.1 Å². The number of alkyl carbamates (subject to hydrolysis) is 1. The van der Waals surface area contributed by atoms with Gasteiger partial charge in [0.15, 0.2) is 0 Å². The van der Waals surface area contributed by atoms with Crippen LogP contribution in [0.1, 0.15) is 26.7 Å². The van der Waals surface area contributed by atoms with Gasteiger partial charge in [-0.1, -0.05) is 0 Å². The summed E-state index contributed by atoms with van der Waals surface area (Å²) in [5.74, 6) is 0.573. The van der Waals surface area contributed by atoms with Crippen molar-refractivity contribution in [3.8, 4) is 0 Å². The van der Waals surface area contributed by atoms with E-state index < -0.39 is 0 Å². The molecule has 0 bridgehead atoms. The number of piperidine rings is 1. The van der Waals surface area contributed by atoms with Gasteiger partial charge in [0.1, 0.15) is 0 Å². The number of rotatable bonds is 3. The first-order valence-electron chi connectivity index (χ1n) is 5.71. The SMILES string of the molecule is CC(C)OC(=O)NCC1CCCN(C)C1. The van der Waals surface area contributed by atoms with E-state index >= 15 is 0 Å². The predicted molar refractivity (Wildman–Crippen MR) is 59.8 cm³/mol. The van der Waals surface area contributed by atoms with Crippen LogP contribution in [-0.2, 0) is 4.74 Å². The molecule has 1 aliphatic rings. The summed E-state index contributed by atoms with van der Waals surface area (Å²) in [6.45, 7) is 6.69. The lowest BCUT2D eigenvalue weighted by molar-refractivity contribution is 0.111. The first-order chi connectivity index (χ1) is 7.08. The standard InChI is InChI=1S/C11H22N2O2/c1-9(2)15-11(14)12-7-10-5-4-6-13(3)8-10/h9-10H,4-8H2,1-3H3,(H,12,14). The molecule has 0 saturated carbocycles. The fourth-order valence-corrected chi connectivity index (χ4v) is 1.92. The van der Waals surface area contributed by atoms with E-state index in [1.165, 1.54) is 19.4 Å². The maximum atomic E-state index is 11.2. The number of carbonyl (C=O) groups is 1. The van der Waals surface area contributed by atoms with Crippen molar-refractivity contribution in [1.29, 1.82) is 0 Å². The van der Waals surface area contributed by atoms with Crippen molar-refractivity contribution >= 4 is 6.09 Å². The summed E-state index contributed by atoms with van der Waals surface area (Å²) in [4.78, 5) is 13.5. The van der Waals surface area contributed by atoms with E-state index in [0.717, 1.165) is 13.1 Å². The average Bonchev–Trinajstić information content (AvgIpc) is 2.14. The van der Waals surface area contributed by atoms with Gasteiger partial charge in [-0.15, -0.1) is 0 Å². The fraction of sp³-hybridized carbons (Fsp3) is 0.909. The van der Waals surface area contributed by atoms with Gasteiger partial charge in [0.2, 0.25) is 0 Å². The zero-order valence-electron chi connectivity index (χ0n) is 9.95. The van der Waals surface area contributed by atoms with Crippen LogP contribution in [-0.4, -0.2) is 43.8 Å². The molecule has 0 spiro atoms. The number of ether oxygens (including phenoxy) is 1. The predicted octanol–water partition coefficient (Wildman–Crippen LogP) is 1.46. The van der Waals surface area contributed by atoms with E-state index in [-0.39, 0.29) is 12.2 Å². The van der Waals surface area contributed by atoms with Crippen molar-refractivity contribution < 1.29 is 9.53 Å². The summed E-state index contributed by atoms with van der Waals surface area (Å²) in [6.07, 6.45) is 2.09. The molecular formula is C11H22N2O2. The van der Waals surface area contributed by atoms with Crippen LogP contribution in [0.2, 0.25) is 0 Å². The van der Waals surface area contributed by atoms with Crippen molar-refractivity contribution in [1.82, 2.24) is 10.2 Å². The molecule has 15 heavy (non-hydrogen) atoms. The van der Waals surface area contributed by atoms with E-state index in [0.29, 0.717) is 5.92 Å². The molecule has 0 aromatic carbocycles. The Morgan fingerprint density at radius 1 is 1.60 bits per heavy atom. The second-order valence-corrected chi connectivity index (χ2v) is 4.61. The summed E-state index contributed by atoms with van der Waals surface area (Å²) < 4.78 is 5.00. The Morgan fingerprint density at radius 3 is 2.93 bits per heavy atom. The van der Waals surface area contributed by atoms with Gasteiger partial charge in [-0.2, -0.15) is 0 Å². The highest BCUT2D eigenvalue weighted by molar-refractivity contribution is 5.67. The van der Waals surface area contributed by atoms with Crippen molar-refractivity contribution in [3.05, 3.63) is 0 Å². The number of amides is 1. The molecule has 0 aromatic heterocycles. The molecule has 1 amide bonds. The molecule has 1 N–H and O–H groups in total. The lowest BCUT2D eigenvalue weighted by atomic mass is 9.99. The Kier molecular flexibility index (Phi) is 4.88. The Labute approximate surface area is 92.0 Å². The Balaban J connectivity index is 2.16. The fourth-order valence-electron chi connectivity index (χ4n) is 1.92. The molecule has 1 atom stereocenters. The van der Waals surface area contributed by atoms with Crippen LogP contribution in [0.15, 0.2) is 0 Å². The normalized spacial score (nSPS) is 22.8. The smallest absolute Gasteiger partial charge is 0.407 e. The van der Waals surface area contributed by atoms with Gasteiger partial charge < -0.3 is 15.0 Å². The van der Waals surface area contributed by atoms with Gasteiger partial charge >= 0.3 is 6.09 Å². The van der Waals surface area contributed by atoms with Gasteiger partial charge in [-0.05, 0) is 46.2 Å². The maximum Gasteiger partial charge on any atom is 0.407 e. The topological polar surface area (TPSA) is 41.6 Å². The molecule has 4 heteroatoms. The molecule has 1 rings (SSSR count). The minimum Gasteiger partial charge on any atom is -0.447 e. The summed E-state index contributed by atoms with van der Waals surface area (Å²) >= 11 is 0. The molecule has 1 unspecified atom stereocenters. The minimum atomic E-state index is -0.293. The zero-order valence-corrected chi connectivity index (χ0v) is 9.95. The van der Waals surface area contributed by atoms with Crippen LogP contribution in [0.25, 0.3) is 0 Å². The number of nitrogens with one attached hydrogen (secondary N) is 1. The molecule has 4 nitrogen and oxygen atoms in total. The number of nitrogens with zero attached hydrogens (tertiary/aromatic N) is 1. The van der Waals surface area contributed by atoms with E-state index in [2.05, 4.69) is 17.3 Å². The molecule has 1 heterocycles. The highest BCUT2D eigenvalue weighted by atomic mass is 16.6. The quantitative estimate of drug-likeness (QED) is 0.773. The summed E-state index contributed by atoms with van der Waals surface area (Å²) in [5.41, 5.74) is 0. The number of hydrogen-bond donors (Lipinski definition) is 1. The Morgan fingerprint density at radius 2 is 2.33 bits per heavy atom. The zero-order chi connectivity index (χ0) is 11.3. The molecule has 0 radical (unpaired) electrons. The van der Waals surface area contributed by atoms with Crippen molar-refractivity contribution in [2.75, 3.05) is 26.7 Å². The van der Waals surface area contributed by atoms with Crippen LogP contribution in [0.5, 0.6) is 0 Å². The third-order valence-corrected chi connectivity index (χ3v) is 2.60. The van der Waals surface area contributed by atoms with Crippen LogP contribution < -0.4 is 5.32 Å². The van der Waals surface area contributed by atoms with Gasteiger partial charge in [-0.3, -0.25) is 0 Å². The summed E-state index contributed by atoms with van der Waals surface area (Å²) in [6, 6.07) is 0. The number of carbonyl (C=O) groups excluding carboxylic acids is 1. The minimum absolute atomic E-state index is 0.0426. The average molecular weight is 214 g/mol. The van der Waals surface area contributed by atoms with Crippen LogP contribution in [0.3, 0.4) is 0 Å². The first kappa shape index (κ1) is 12.3. The van der Waals surface area contributed by atoms with Gasteiger partial charge in [0.05, 0.1) is 6.10 Å². The van der Waals surface area contributed by atoms with Crippen LogP contribution in [0, 0.1) is 5.92 Å². The molecule has 0 aromatic rings. The number of hydrogen-bond acceptors (Lipinski definition) is 3. The second kappa shape index (κ2) is 5.95. The second-order valence-electron chi connectivity index (χ2n) is 4.61. The molecule has 1 saturated heterocycles. The summed E-state index contributed by atoms with van der Waals surface area (Å²) in [5, 5.41) is 2.82. The molecule has 0 aliphatic carbocycles. The monoisotopic (exact) mass is 214 g/mol. The van der Waals surface area contributed by atoms with Crippen molar-refractivity contribution in [2.45, 2.75) is 32.8 Å². The largest absolute Gasteiger partial charge is 0.447 e. The third-order valence-electron chi connectivity index (χ3n) is 2.60. The Hall–Kier alpha value is -0.770. The van der Waals surface area contributed by atoms with E-state index in [1.807, 2.05) is 13.8 Å².